The highest BCUT2D eigenvalue weighted by molar-refractivity contribution is 5.32. The fourth-order valence-corrected chi connectivity index (χ4v) is 3.05. The molecular weight excluding hydrogens is 270 g/mol. The van der Waals surface area contributed by atoms with E-state index < -0.39 is 0 Å². The number of hydrogen-bond donors (Lipinski definition) is 1. The summed E-state index contributed by atoms with van der Waals surface area (Å²) in [6.07, 6.45) is 8.22. The predicted octanol–water partition coefficient (Wildman–Crippen LogP) is 5.29. The molecule has 1 N–H and O–H groups in total. The second-order valence-electron chi connectivity index (χ2n) is 6.13. The van der Waals surface area contributed by atoms with Crippen LogP contribution >= 0.6 is 0 Å². The molecule has 0 heterocycles. The fraction of sp³-hybridized carbons (Fsp3) is 0.400. The highest BCUT2D eigenvalue weighted by atomic mass is 16.5. The van der Waals surface area contributed by atoms with Crippen LogP contribution in [0.3, 0.4) is 0 Å². The van der Waals surface area contributed by atoms with Crippen LogP contribution in [-0.2, 0) is 6.54 Å². The quantitative estimate of drug-likeness (QED) is 0.757. The van der Waals surface area contributed by atoms with Crippen LogP contribution in [0.5, 0.6) is 11.5 Å². The molecule has 0 bridgehead atoms. The van der Waals surface area contributed by atoms with Gasteiger partial charge in [-0.25, -0.2) is 0 Å². The lowest BCUT2D eigenvalue weighted by molar-refractivity contribution is 0.458. The first-order chi connectivity index (χ1) is 10.9. The Morgan fingerprint density at radius 2 is 1.41 bits per heavy atom. The SMILES string of the molecule is c1ccc(Oc2ccc(CNC3CCCCCC3)cc2)cc1. The van der Waals surface area contributed by atoms with Gasteiger partial charge in [0.1, 0.15) is 11.5 Å². The van der Waals surface area contributed by atoms with Gasteiger partial charge in [-0.2, -0.15) is 0 Å². The van der Waals surface area contributed by atoms with Gasteiger partial charge in [-0.1, -0.05) is 56.0 Å². The van der Waals surface area contributed by atoms with Gasteiger partial charge in [0.05, 0.1) is 0 Å². The Bertz CT molecular complexity index is 542. The number of benzene rings is 2. The molecule has 2 heteroatoms. The minimum Gasteiger partial charge on any atom is -0.457 e. The van der Waals surface area contributed by atoms with Gasteiger partial charge in [0.15, 0.2) is 0 Å². The van der Waals surface area contributed by atoms with Gasteiger partial charge in [0.25, 0.3) is 0 Å². The van der Waals surface area contributed by atoms with Gasteiger partial charge in [0.2, 0.25) is 0 Å². The summed E-state index contributed by atoms with van der Waals surface area (Å²) in [5.74, 6) is 1.77. The Morgan fingerprint density at radius 3 is 2.09 bits per heavy atom. The van der Waals surface area contributed by atoms with Gasteiger partial charge < -0.3 is 10.1 Å². The highest BCUT2D eigenvalue weighted by Crippen LogP contribution is 2.21. The maximum absolute atomic E-state index is 5.82. The number of hydrogen-bond acceptors (Lipinski definition) is 2. The van der Waals surface area contributed by atoms with Gasteiger partial charge in [0, 0.05) is 12.6 Å². The molecule has 3 rings (SSSR count). The van der Waals surface area contributed by atoms with Crippen molar-refractivity contribution < 1.29 is 4.74 Å². The average molecular weight is 295 g/mol. The summed E-state index contributed by atoms with van der Waals surface area (Å²) >= 11 is 0. The van der Waals surface area contributed by atoms with E-state index >= 15 is 0 Å². The molecule has 0 radical (unpaired) electrons. The zero-order chi connectivity index (χ0) is 15.0. The molecule has 0 aromatic heterocycles. The van der Waals surface area contributed by atoms with Crippen LogP contribution in [0.1, 0.15) is 44.1 Å². The van der Waals surface area contributed by atoms with Gasteiger partial charge >= 0.3 is 0 Å². The zero-order valence-electron chi connectivity index (χ0n) is 13.1. The normalized spacial score (nSPS) is 16.2. The van der Waals surface area contributed by atoms with Crippen LogP contribution in [0.25, 0.3) is 0 Å². The number of rotatable bonds is 5. The lowest BCUT2D eigenvalue weighted by Gasteiger charge is -2.16. The molecule has 2 nitrogen and oxygen atoms in total. The monoisotopic (exact) mass is 295 g/mol. The van der Waals surface area contributed by atoms with E-state index in [9.17, 15) is 0 Å². The van der Waals surface area contributed by atoms with E-state index in [-0.39, 0.29) is 0 Å². The molecule has 0 atom stereocenters. The third-order valence-corrected chi connectivity index (χ3v) is 4.35. The van der Waals surface area contributed by atoms with E-state index in [2.05, 4.69) is 29.6 Å². The van der Waals surface area contributed by atoms with Gasteiger partial charge in [-0.3, -0.25) is 0 Å². The maximum atomic E-state index is 5.82. The summed E-state index contributed by atoms with van der Waals surface area (Å²) in [5, 5.41) is 3.71. The minimum atomic E-state index is 0.697. The second kappa shape index (κ2) is 8.00. The summed E-state index contributed by atoms with van der Waals surface area (Å²) in [6, 6.07) is 19.0. The summed E-state index contributed by atoms with van der Waals surface area (Å²) < 4.78 is 5.82. The molecule has 1 aliphatic rings. The van der Waals surface area contributed by atoms with Crippen LogP contribution in [0.2, 0.25) is 0 Å². The van der Waals surface area contributed by atoms with Gasteiger partial charge in [-0.05, 0) is 42.7 Å². The molecule has 0 aliphatic heterocycles. The van der Waals surface area contributed by atoms with Crippen molar-refractivity contribution in [2.45, 2.75) is 51.1 Å². The first kappa shape index (κ1) is 15.1. The molecule has 0 saturated heterocycles. The van der Waals surface area contributed by atoms with E-state index in [1.54, 1.807) is 0 Å². The number of nitrogens with one attached hydrogen (secondary N) is 1. The van der Waals surface area contributed by atoms with Crippen LogP contribution < -0.4 is 10.1 Å². The Labute approximate surface area is 133 Å². The first-order valence-corrected chi connectivity index (χ1v) is 8.45. The van der Waals surface area contributed by atoms with E-state index in [4.69, 9.17) is 4.74 Å². The molecule has 22 heavy (non-hydrogen) atoms. The Balaban J connectivity index is 1.50. The van der Waals surface area contributed by atoms with Crippen molar-refractivity contribution in [1.82, 2.24) is 5.32 Å². The third kappa shape index (κ3) is 4.60. The summed E-state index contributed by atoms with van der Waals surface area (Å²) in [5.41, 5.74) is 1.32. The van der Waals surface area contributed by atoms with Crippen molar-refractivity contribution in [3.8, 4) is 11.5 Å². The molecule has 0 amide bonds. The lowest BCUT2D eigenvalue weighted by atomic mass is 10.1. The van der Waals surface area contributed by atoms with Crippen LogP contribution in [0.4, 0.5) is 0 Å². The summed E-state index contributed by atoms with van der Waals surface area (Å²) in [6.45, 7) is 0.955. The Hall–Kier alpha value is -1.80. The van der Waals surface area contributed by atoms with Crippen LogP contribution in [-0.4, -0.2) is 6.04 Å². The Morgan fingerprint density at radius 1 is 0.773 bits per heavy atom. The molecule has 0 spiro atoms. The first-order valence-electron chi connectivity index (χ1n) is 8.45. The number of para-hydroxylation sites is 1. The smallest absolute Gasteiger partial charge is 0.127 e. The van der Waals surface area contributed by atoms with E-state index in [0.29, 0.717) is 6.04 Å². The molecule has 1 saturated carbocycles. The largest absolute Gasteiger partial charge is 0.457 e. The zero-order valence-corrected chi connectivity index (χ0v) is 13.1. The second-order valence-corrected chi connectivity index (χ2v) is 6.13. The van der Waals surface area contributed by atoms with Crippen molar-refractivity contribution in [3.63, 3.8) is 0 Å². The Kier molecular flexibility index (Phi) is 5.49. The van der Waals surface area contributed by atoms with Crippen molar-refractivity contribution in [2.75, 3.05) is 0 Å². The lowest BCUT2D eigenvalue weighted by Crippen LogP contribution is -2.27. The highest BCUT2D eigenvalue weighted by Gasteiger charge is 2.11. The summed E-state index contributed by atoms with van der Waals surface area (Å²) in [4.78, 5) is 0. The van der Waals surface area contributed by atoms with Gasteiger partial charge in [-0.15, -0.1) is 0 Å². The predicted molar refractivity (Wildman–Crippen MR) is 91.3 cm³/mol. The van der Waals surface area contributed by atoms with Crippen molar-refractivity contribution in [1.29, 1.82) is 0 Å². The van der Waals surface area contributed by atoms with E-state index in [1.165, 1.54) is 44.1 Å². The van der Waals surface area contributed by atoms with Crippen molar-refractivity contribution in [3.05, 3.63) is 60.2 Å². The summed E-state index contributed by atoms with van der Waals surface area (Å²) in [7, 11) is 0. The molecule has 2 aromatic carbocycles. The van der Waals surface area contributed by atoms with E-state index in [1.807, 2.05) is 30.3 Å². The molecular formula is C20H25NO. The van der Waals surface area contributed by atoms with Crippen LogP contribution in [0, 0.1) is 0 Å². The van der Waals surface area contributed by atoms with E-state index in [0.717, 1.165) is 18.0 Å². The standard InChI is InChI=1S/C20H25NO/c1-2-5-9-18(8-4-1)21-16-17-12-14-20(15-13-17)22-19-10-6-3-7-11-19/h3,6-7,10-15,18,21H,1-2,4-5,8-9,16H2. The van der Waals surface area contributed by atoms with Crippen molar-refractivity contribution >= 4 is 0 Å². The topological polar surface area (TPSA) is 21.3 Å². The molecule has 1 aliphatic carbocycles. The molecule has 1 fully saturated rings. The number of ether oxygens (including phenoxy) is 1. The average Bonchev–Trinajstić information content (AvgIpc) is 2.84. The fourth-order valence-electron chi connectivity index (χ4n) is 3.05. The molecule has 2 aromatic rings. The maximum Gasteiger partial charge on any atom is 0.127 e. The molecule has 116 valence electrons. The van der Waals surface area contributed by atoms with Crippen molar-refractivity contribution in [2.24, 2.45) is 0 Å². The van der Waals surface area contributed by atoms with Crippen LogP contribution in [0.15, 0.2) is 54.6 Å². The minimum absolute atomic E-state index is 0.697. The molecule has 0 unspecified atom stereocenters. The third-order valence-electron chi connectivity index (χ3n) is 4.35.